The number of aryl methyl sites for hydroxylation is 2. The van der Waals surface area contributed by atoms with Crippen molar-refractivity contribution in [1.29, 1.82) is 0 Å². The fraction of sp³-hybridized carbons (Fsp3) is 0.333. The highest BCUT2D eigenvalue weighted by Crippen LogP contribution is 2.45. The van der Waals surface area contributed by atoms with E-state index in [-0.39, 0.29) is 22.2 Å². The maximum atomic E-state index is 13.5. The Kier molecular flexibility index (Phi) is 8.50. The summed E-state index contributed by atoms with van der Waals surface area (Å²) < 4.78 is 11.8. The molecule has 1 aromatic heterocycles. The molecule has 3 aromatic rings. The van der Waals surface area contributed by atoms with Crippen LogP contribution in [0.25, 0.3) is 5.76 Å². The zero-order chi connectivity index (χ0) is 28.3. The summed E-state index contributed by atoms with van der Waals surface area (Å²) in [6, 6.07) is 11.3. The number of aliphatic hydroxyl groups is 1. The molecule has 0 spiro atoms. The Balaban J connectivity index is 1.92. The Hall–Kier alpha value is -3.98. The van der Waals surface area contributed by atoms with Gasteiger partial charge in [0.15, 0.2) is 22.4 Å². The summed E-state index contributed by atoms with van der Waals surface area (Å²) in [6.45, 7) is 9.86. The second-order valence-corrected chi connectivity index (χ2v) is 10.3. The van der Waals surface area contributed by atoms with Gasteiger partial charge < -0.3 is 14.6 Å². The van der Waals surface area contributed by atoms with Gasteiger partial charge >= 0.3 is 5.91 Å². The fourth-order valence-electron chi connectivity index (χ4n) is 4.43. The van der Waals surface area contributed by atoms with Crippen LogP contribution in [0.1, 0.15) is 71.7 Å². The number of hydrogen-bond acceptors (Lipinski definition) is 8. The quantitative estimate of drug-likeness (QED) is 0.106. The molecule has 2 heterocycles. The van der Waals surface area contributed by atoms with Crippen LogP contribution >= 0.6 is 11.3 Å². The lowest BCUT2D eigenvalue weighted by molar-refractivity contribution is -0.132. The molecule has 2 aromatic carbocycles. The second kappa shape index (κ2) is 11.8. The molecule has 1 aliphatic rings. The van der Waals surface area contributed by atoms with Crippen LogP contribution in [0.15, 0.2) is 48.0 Å². The Morgan fingerprint density at radius 2 is 1.77 bits per heavy atom. The SMILES string of the molecule is CCCCOc1ccc(C2/C(=C(\O)c3ccc(C)cc3)C(=O)C(=O)N2c2nc(C)c(C(C)=O)s2)cc1OCC. The number of ketones is 2. The zero-order valence-corrected chi connectivity index (χ0v) is 23.6. The van der Waals surface area contributed by atoms with Crippen LogP contribution in [0.3, 0.4) is 0 Å². The van der Waals surface area contributed by atoms with Gasteiger partial charge in [-0.3, -0.25) is 19.3 Å². The lowest BCUT2D eigenvalue weighted by Crippen LogP contribution is -2.29. The van der Waals surface area contributed by atoms with Gasteiger partial charge in [0.2, 0.25) is 0 Å². The molecule has 8 nitrogen and oxygen atoms in total. The Morgan fingerprint density at radius 1 is 1.05 bits per heavy atom. The first kappa shape index (κ1) is 28.0. The normalized spacial score (nSPS) is 16.5. The number of ether oxygens (including phenoxy) is 2. The van der Waals surface area contributed by atoms with Gasteiger partial charge in [-0.15, -0.1) is 0 Å². The maximum Gasteiger partial charge on any atom is 0.301 e. The second-order valence-electron chi connectivity index (χ2n) is 9.34. The van der Waals surface area contributed by atoms with Crippen molar-refractivity contribution in [2.45, 2.75) is 53.5 Å². The number of unbranched alkanes of at least 4 members (excludes halogenated alkanes) is 1. The lowest BCUT2D eigenvalue weighted by atomic mass is 9.95. The van der Waals surface area contributed by atoms with Crippen molar-refractivity contribution in [3.63, 3.8) is 0 Å². The number of aromatic nitrogens is 1. The van der Waals surface area contributed by atoms with Gasteiger partial charge in [-0.2, -0.15) is 0 Å². The molecule has 0 radical (unpaired) electrons. The van der Waals surface area contributed by atoms with E-state index in [4.69, 9.17) is 9.47 Å². The first-order valence-electron chi connectivity index (χ1n) is 12.9. The highest BCUT2D eigenvalue weighted by Gasteiger charge is 2.48. The van der Waals surface area contributed by atoms with E-state index < -0.39 is 17.7 Å². The van der Waals surface area contributed by atoms with E-state index in [1.165, 1.54) is 11.8 Å². The number of rotatable bonds is 10. The van der Waals surface area contributed by atoms with Crippen molar-refractivity contribution < 1.29 is 29.0 Å². The average Bonchev–Trinajstić information content (AvgIpc) is 3.42. The van der Waals surface area contributed by atoms with Crippen molar-refractivity contribution in [3.8, 4) is 11.5 Å². The molecule has 1 atom stereocenters. The predicted octanol–water partition coefficient (Wildman–Crippen LogP) is 6.17. The summed E-state index contributed by atoms with van der Waals surface area (Å²) in [5.74, 6) is -1.13. The summed E-state index contributed by atoms with van der Waals surface area (Å²) in [7, 11) is 0. The molecule has 0 bridgehead atoms. The van der Waals surface area contributed by atoms with E-state index in [0.717, 1.165) is 29.7 Å². The van der Waals surface area contributed by atoms with Crippen molar-refractivity contribution in [1.82, 2.24) is 4.98 Å². The molecule has 1 aliphatic heterocycles. The van der Waals surface area contributed by atoms with Gasteiger partial charge in [-0.25, -0.2) is 4.98 Å². The van der Waals surface area contributed by atoms with Gasteiger partial charge in [-0.05, 0) is 44.9 Å². The van der Waals surface area contributed by atoms with E-state index in [2.05, 4.69) is 11.9 Å². The molecule has 1 unspecified atom stereocenters. The van der Waals surface area contributed by atoms with Crippen LogP contribution in [0.2, 0.25) is 0 Å². The van der Waals surface area contributed by atoms with Gasteiger partial charge in [-0.1, -0.05) is 60.6 Å². The number of nitrogens with zero attached hydrogens (tertiary/aromatic N) is 2. The number of aliphatic hydroxyl groups excluding tert-OH is 1. The minimum atomic E-state index is -0.999. The first-order chi connectivity index (χ1) is 18.7. The molecular weight excluding hydrogens is 516 g/mol. The van der Waals surface area contributed by atoms with Crippen molar-refractivity contribution >= 4 is 39.7 Å². The average molecular weight is 549 g/mol. The number of carbonyl (C=O) groups is 3. The van der Waals surface area contributed by atoms with Gasteiger partial charge in [0.25, 0.3) is 5.78 Å². The van der Waals surface area contributed by atoms with Gasteiger partial charge in [0.05, 0.1) is 35.4 Å². The smallest absolute Gasteiger partial charge is 0.301 e. The van der Waals surface area contributed by atoms with E-state index in [0.29, 0.717) is 46.4 Å². The minimum Gasteiger partial charge on any atom is -0.507 e. The van der Waals surface area contributed by atoms with Crippen LogP contribution in [0.5, 0.6) is 11.5 Å². The summed E-state index contributed by atoms with van der Waals surface area (Å²) in [5.41, 5.74) is 2.33. The van der Waals surface area contributed by atoms with E-state index >= 15 is 0 Å². The largest absolute Gasteiger partial charge is 0.507 e. The van der Waals surface area contributed by atoms with E-state index in [9.17, 15) is 19.5 Å². The highest BCUT2D eigenvalue weighted by molar-refractivity contribution is 7.18. The van der Waals surface area contributed by atoms with Crippen molar-refractivity contribution in [3.05, 3.63) is 75.3 Å². The molecule has 1 amide bonds. The molecular formula is C30H32N2O6S. The summed E-state index contributed by atoms with van der Waals surface area (Å²) in [6.07, 6.45) is 1.86. The summed E-state index contributed by atoms with van der Waals surface area (Å²) >= 11 is 1.04. The van der Waals surface area contributed by atoms with Crippen LogP contribution in [-0.2, 0) is 9.59 Å². The first-order valence-corrected chi connectivity index (χ1v) is 13.7. The van der Waals surface area contributed by atoms with Crippen LogP contribution in [0, 0.1) is 13.8 Å². The number of carbonyl (C=O) groups excluding carboxylic acids is 3. The minimum absolute atomic E-state index is 0.0665. The molecule has 4 rings (SSSR count). The lowest BCUT2D eigenvalue weighted by Gasteiger charge is -2.24. The zero-order valence-electron chi connectivity index (χ0n) is 22.7. The number of Topliss-reactive ketones (excluding diaryl/α,β-unsaturated/α-hetero) is 2. The van der Waals surface area contributed by atoms with Gasteiger partial charge in [0, 0.05) is 12.5 Å². The fourth-order valence-corrected chi connectivity index (χ4v) is 5.42. The Morgan fingerprint density at radius 3 is 2.38 bits per heavy atom. The topological polar surface area (TPSA) is 106 Å². The molecule has 39 heavy (non-hydrogen) atoms. The molecule has 1 saturated heterocycles. The number of amides is 1. The summed E-state index contributed by atoms with van der Waals surface area (Å²) in [4.78, 5) is 45.3. The summed E-state index contributed by atoms with van der Waals surface area (Å²) in [5, 5.41) is 11.6. The van der Waals surface area contributed by atoms with E-state index in [1.807, 2.05) is 26.0 Å². The number of benzene rings is 2. The number of anilines is 1. The highest BCUT2D eigenvalue weighted by atomic mass is 32.1. The van der Waals surface area contributed by atoms with Crippen LogP contribution in [-0.4, -0.2) is 40.8 Å². The monoisotopic (exact) mass is 548 g/mol. The van der Waals surface area contributed by atoms with Crippen molar-refractivity contribution in [2.24, 2.45) is 0 Å². The van der Waals surface area contributed by atoms with Crippen LogP contribution in [0.4, 0.5) is 5.13 Å². The van der Waals surface area contributed by atoms with Gasteiger partial charge in [0.1, 0.15) is 5.76 Å². The molecule has 1 N–H and O–H groups in total. The molecule has 1 fully saturated rings. The predicted molar refractivity (Wildman–Crippen MR) is 151 cm³/mol. The van der Waals surface area contributed by atoms with Crippen molar-refractivity contribution in [2.75, 3.05) is 18.1 Å². The van der Waals surface area contributed by atoms with E-state index in [1.54, 1.807) is 37.3 Å². The third kappa shape index (κ3) is 5.59. The standard InChI is InChI=1S/C30H32N2O6S/c1-6-8-15-38-22-14-13-21(16-23(22)37-7-2)25-24(26(34)20-11-9-17(3)10-12-20)27(35)29(36)32(25)30-31-18(4)28(39-30)19(5)33/h9-14,16,25,34H,6-8,15H2,1-5H3/b26-24+. The molecule has 0 saturated carbocycles. The molecule has 9 heteroatoms. The number of thiazole rings is 1. The van der Waals surface area contributed by atoms with Crippen LogP contribution < -0.4 is 14.4 Å². The molecule has 204 valence electrons. The Labute approximate surface area is 231 Å². The Bertz CT molecular complexity index is 1440. The third-order valence-electron chi connectivity index (χ3n) is 6.42. The maximum absolute atomic E-state index is 13.5. The third-order valence-corrected chi connectivity index (χ3v) is 7.68. The molecule has 0 aliphatic carbocycles. The number of hydrogen-bond donors (Lipinski definition) is 1.